The summed E-state index contributed by atoms with van der Waals surface area (Å²) in [5.41, 5.74) is 14.5. The van der Waals surface area contributed by atoms with Crippen molar-refractivity contribution in [2.45, 2.75) is 83.1 Å². The second-order valence-corrected chi connectivity index (χ2v) is 12.2. The van der Waals surface area contributed by atoms with Gasteiger partial charge < -0.3 is 32.7 Å². The summed E-state index contributed by atoms with van der Waals surface area (Å²) in [6, 6.07) is 18.7. The van der Waals surface area contributed by atoms with Crippen LogP contribution in [0.4, 0.5) is 0 Å². The topological polar surface area (TPSA) is 181 Å². The minimum atomic E-state index is -0.988. The number of nitrogens with one attached hydrogen (secondary N) is 4. The molecular formula is C36H49N7O4. The van der Waals surface area contributed by atoms with Crippen LogP contribution in [0.1, 0.15) is 56.2 Å². The first-order chi connectivity index (χ1) is 22.7. The molecule has 1 heterocycles. The quantitative estimate of drug-likeness (QED) is 0.108. The highest BCUT2D eigenvalue weighted by atomic mass is 16.2. The van der Waals surface area contributed by atoms with Gasteiger partial charge in [0.25, 0.3) is 0 Å². The van der Waals surface area contributed by atoms with Gasteiger partial charge in [-0.2, -0.15) is 0 Å². The highest BCUT2D eigenvalue weighted by Gasteiger charge is 2.31. The largest absolute Gasteiger partial charge is 0.350 e. The van der Waals surface area contributed by atoms with Crippen LogP contribution in [-0.2, 0) is 38.6 Å². The van der Waals surface area contributed by atoms with E-state index in [2.05, 4.69) is 26.3 Å². The molecular weight excluding hydrogens is 594 g/mol. The summed E-state index contributed by atoms with van der Waals surface area (Å²) in [5, 5.41) is 11.4. The zero-order valence-electron chi connectivity index (χ0n) is 27.4. The molecule has 0 aliphatic rings. The summed E-state index contributed by atoms with van der Waals surface area (Å²) in [7, 11) is 0. The zero-order chi connectivity index (χ0) is 34.0. The van der Waals surface area contributed by atoms with E-state index in [0.29, 0.717) is 38.6 Å². The van der Waals surface area contributed by atoms with Crippen LogP contribution < -0.4 is 32.7 Å². The van der Waals surface area contributed by atoms with E-state index in [-0.39, 0.29) is 24.8 Å². The van der Waals surface area contributed by atoms with E-state index < -0.39 is 41.9 Å². The third-order valence-electron chi connectivity index (χ3n) is 7.69. The summed E-state index contributed by atoms with van der Waals surface area (Å²) in [6.07, 6.45) is 5.84. The first-order valence-electron chi connectivity index (χ1n) is 16.3. The van der Waals surface area contributed by atoms with Crippen molar-refractivity contribution in [3.63, 3.8) is 0 Å². The molecule has 4 atom stereocenters. The van der Waals surface area contributed by atoms with Gasteiger partial charge in [0.15, 0.2) is 0 Å². The smallest absolute Gasteiger partial charge is 0.243 e. The summed E-state index contributed by atoms with van der Waals surface area (Å²) in [4.78, 5) is 57.9. The molecule has 0 bridgehead atoms. The highest BCUT2D eigenvalue weighted by Crippen LogP contribution is 2.11. The minimum absolute atomic E-state index is 0.0451. The number of unbranched alkanes of at least 4 members (excludes halogenated alkanes) is 1. The molecule has 47 heavy (non-hydrogen) atoms. The van der Waals surface area contributed by atoms with Gasteiger partial charge in [0.05, 0.1) is 6.04 Å². The Balaban J connectivity index is 1.74. The molecule has 0 spiro atoms. The van der Waals surface area contributed by atoms with Gasteiger partial charge in [-0.3, -0.25) is 24.2 Å². The van der Waals surface area contributed by atoms with Gasteiger partial charge in [0.2, 0.25) is 23.6 Å². The van der Waals surface area contributed by atoms with Crippen molar-refractivity contribution in [2.24, 2.45) is 17.4 Å². The SMILES string of the molecule is CC(C)C[C@@H](NC(=O)[C@@H](Cc1ccccc1)NC(=O)[C@H](N)Cc1ccccc1)C(=O)N[C@H](CCCCN)C(=O)NCc1ccncc1. The molecule has 1 aromatic heterocycles. The van der Waals surface area contributed by atoms with E-state index in [1.807, 2.05) is 74.5 Å². The van der Waals surface area contributed by atoms with E-state index in [1.54, 1.807) is 24.5 Å². The molecule has 252 valence electrons. The number of rotatable bonds is 19. The van der Waals surface area contributed by atoms with Crippen molar-refractivity contribution < 1.29 is 19.2 Å². The maximum absolute atomic E-state index is 13.8. The van der Waals surface area contributed by atoms with Crippen LogP contribution in [0.5, 0.6) is 0 Å². The summed E-state index contributed by atoms with van der Waals surface area (Å²) in [6.45, 7) is 4.63. The number of carbonyl (C=O) groups is 4. The van der Waals surface area contributed by atoms with Crippen LogP contribution in [0, 0.1) is 5.92 Å². The number of benzene rings is 2. The second kappa shape index (κ2) is 19.8. The van der Waals surface area contributed by atoms with E-state index in [4.69, 9.17) is 11.5 Å². The number of carbonyl (C=O) groups excluding carboxylic acids is 4. The molecule has 4 amide bonds. The molecule has 11 heteroatoms. The van der Waals surface area contributed by atoms with Crippen LogP contribution in [0.2, 0.25) is 0 Å². The lowest BCUT2D eigenvalue weighted by Crippen LogP contribution is -2.58. The number of hydrogen-bond acceptors (Lipinski definition) is 7. The Morgan fingerprint density at radius 3 is 1.81 bits per heavy atom. The average Bonchev–Trinajstić information content (AvgIpc) is 3.07. The highest BCUT2D eigenvalue weighted by molar-refractivity contribution is 5.95. The van der Waals surface area contributed by atoms with E-state index >= 15 is 0 Å². The Morgan fingerprint density at radius 2 is 1.21 bits per heavy atom. The number of hydrogen-bond donors (Lipinski definition) is 6. The van der Waals surface area contributed by atoms with Gasteiger partial charge in [-0.15, -0.1) is 0 Å². The molecule has 0 saturated carbocycles. The van der Waals surface area contributed by atoms with Crippen LogP contribution in [-0.4, -0.2) is 59.3 Å². The third-order valence-corrected chi connectivity index (χ3v) is 7.69. The summed E-state index contributed by atoms with van der Waals surface area (Å²) >= 11 is 0. The molecule has 0 aliphatic carbocycles. The maximum atomic E-state index is 13.8. The maximum Gasteiger partial charge on any atom is 0.243 e. The molecule has 8 N–H and O–H groups in total. The predicted molar refractivity (Wildman–Crippen MR) is 183 cm³/mol. The van der Waals surface area contributed by atoms with Gasteiger partial charge in [0.1, 0.15) is 18.1 Å². The fourth-order valence-corrected chi connectivity index (χ4v) is 5.12. The van der Waals surface area contributed by atoms with Gasteiger partial charge in [0, 0.05) is 25.4 Å². The van der Waals surface area contributed by atoms with Crippen LogP contribution in [0.25, 0.3) is 0 Å². The Kier molecular flexibility index (Phi) is 15.5. The Labute approximate surface area is 277 Å². The van der Waals surface area contributed by atoms with Crippen molar-refractivity contribution in [3.8, 4) is 0 Å². The van der Waals surface area contributed by atoms with Crippen molar-refractivity contribution in [1.29, 1.82) is 0 Å². The standard InChI is InChI=1S/C36H49N7O4/c1-25(2)21-31(35(46)41-30(15-9-10-18-37)34(45)40-24-28-16-19-39-20-17-28)43-36(47)32(23-27-13-7-4-8-14-27)42-33(44)29(38)22-26-11-5-3-6-12-26/h3-8,11-14,16-17,19-20,25,29-32H,9-10,15,18,21-24,37-38H2,1-2H3,(H,40,45)(H,41,46)(H,42,44)(H,43,47)/t29-,30-,31-,32-/m1/s1. The monoisotopic (exact) mass is 643 g/mol. The van der Waals surface area contributed by atoms with Crippen molar-refractivity contribution in [3.05, 3.63) is 102 Å². The van der Waals surface area contributed by atoms with Crippen LogP contribution >= 0.6 is 0 Å². The van der Waals surface area contributed by atoms with E-state index in [9.17, 15) is 19.2 Å². The van der Waals surface area contributed by atoms with Crippen molar-refractivity contribution >= 4 is 23.6 Å². The minimum Gasteiger partial charge on any atom is -0.350 e. The lowest BCUT2D eigenvalue weighted by molar-refractivity contribution is -0.134. The molecule has 0 unspecified atom stereocenters. The van der Waals surface area contributed by atoms with E-state index in [1.165, 1.54) is 0 Å². The number of amides is 4. The lowest BCUT2D eigenvalue weighted by Gasteiger charge is -2.27. The molecule has 0 saturated heterocycles. The summed E-state index contributed by atoms with van der Waals surface area (Å²) in [5.74, 6) is -1.75. The van der Waals surface area contributed by atoms with Gasteiger partial charge in [-0.25, -0.2) is 0 Å². The zero-order valence-corrected chi connectivity index (χ0v) is 27.4. The fourth-order valence-electron chi connectivity index (χ4n) is 5.12. The van der Waals surface area contributed by atoms with Crippen LogP contribution in [0.3, 0.4) is 0 Å². The average molecular weight is 644 g/mol. The van der Waals surface area contributed by atoms with Crippen LogP contribution in [0.15, 0.2) is 85.2 Å². The molecule has 3 rings (SSSR count). The summed E-state index contributed by atoms with van der Waals surface area (Å²) < 4.78 is 0. The fraction of sp³-hybridized carbons (Fsp3) is 0.417. The van der Waals surface area contributed by atoms with Gasteiger partial charge in [-0.1, -0.05) is 74.5 Å². The normalized spacial score (nSPS) is 13.6. The second-order valence-electron chi connectivity index (χ2n) is 12.2. The van der Waals surface area contributed by atoms with E-state index in [0.717, 1.165) is 16.7 Å². The van der Waals surface area contributed by atoms with Crippen molar-refractivity contribution in [1.82, 2.24) is 26.3 Å². The predicted octanol–water partition coefficient (Wildman–Crippen LogP) is 2.14. The Hall–Kier alpha value is -4.61. The Bertz CT molecular complexity index is 1390. The first kappa shape index (κ1) is 36.9. The number of nitrogens with two attached hydrogens (primary N) is 2. The molecule has 11 nitrogen and oxygen atoms in total. The number of pyridine rings is 1. The molecule has 0 aliphatic heterocycles. The molecule has 0 radical (unpaired) electrons. The van der Waals surface area contributed by atoms with Gasteiger partial charge in [-0.05, 0) is 73.4 Å². The third kappa shape index (κ3) is 13.3. The number of nitrogens with zero attached hydrogens (tertiary/aromatic N) is 1. The Morgan fingerprint density at radius 1 is 0.660 bits per heavy atom. The van der Waals surface area contributed by atoms with Gasteiger partial charge >= 0.3 is 0 Å². The lowest BCUT2D eigenvalue weighted by atomic mass is 9.99. The van der Waals surface area contributed by atoms with Crippen molar-refractivity contribution in [2.75, 3.05) is 6.54 Å². The number of aromatic nitrogens is 1. The molecule has 3 aromatic rings. The molecule has 0 fully saturated rings. The first-order valence-corrected chi connectivity index (χ1v) is 16.3. The molecule has 2 aromatic carbocycles.